The van der Waals surface area contributed by atoms with Crippen molar-refractivity contribution in [2.24, 2.45) is 11.7 Å². The summed E-state index contributed by atoms with van der Waals surface area (Å²) in [5.74, 6) is -0.563. The van der Waals surface area contributed by atoms with Gasteiger partial charge in [-0.25, -0.2) is 4.98 Å². The highest BCUT2D eigenvalue weighted by Gasteiger charge is 2.23. The molecule has 2 aromatic rings. The molecule has 1 amide bonds. The lowest BCUT2D eigenvalue weighted by Gasteiger charge is -2.20. The maximum Gasteiger partial charge on any atom is 0.229 e. The highest BCUT2D eigenvalue weighted by atomic mass is 35.5. The van der Waals surface area contributed by atoms with E-state index in [2.05, 4.69) is 10.3 Å². The van der Waals surface area contributed by atoms with Gasteiger partial charge < -0.3 is 11.1 Å². The minimum Gasteiger partial charge on any atom is -0.323 e. The lowest BCUT2D eigenvalue weighted by Crippen LogP contribution is -2.30. The van der Waals surface area contributed by atoms with Crippen LogP contribution in [-0.2, 0) is 4.79 Å². The summed E-state index contributed by atoms with van der Waals surface area (Å²) >= 11 is 6.02. The Balaban J connectivity index is 2.13. The van der Waals surface area contributed by atoms with Crippen LogP contribution in [0.3, 0.4) is 0 Å². The predicted octanol–water partition coefficient (Wildman–Crippen LogP) is 3.32. The molecule has 0 aliphatic rings. The number of nitrogens with one attached hydrogen (secondary N) is 1. The Labute approximate surface area is 129 Å². The largest absolute Gasteiger partial charge is 0.323 e. The van der Waals surface area contributed by atoms with Crippen LogP contribution in [0, 0.1) is 12.8 Å². The lowest BCUT2D eigenvalue weighted by molar-refractivity contribution is -0.120. The number of nitrogens with zero attached hydrogens (tertiary/aromatic N) is 1. The lowest BCUT2D eigenvalue weighted by atomic mass is 9.94. The van der Waals surface area contributed by atoms with Crippen molar-refractivity contribution in [3.05, 3.63) is 58.9 Å². The summed E-state index contributed by atoms with van der Waals surface area (Å²) in [6.45, 7) is 3.66. The normalized spacial score (nSPS) is 13.5. The zero-order chi connectivity index (χ0) is 15.4. The summed E-state index contributed by atoms with van der Waals surface area (Å²) in [6.07, 6.45) is 1.60. The number of amides is 1. The maximum absolute atomic E-state index is 12.4. The molecule has 2 unspecified atom stereocenters. The van der Waals surface area contributed by atoms with Crippen LogP contribution in [-0.4, -0.2) is 10.9 Å². The Hall–Kier alpha value is -1.91. The smallest absolute Gasteiger partial charge is 0.229 e. The van der Waals surface area contributed by atoms with E-state index in [9.17, 15) is 4.79 Å². The molecule has 2 atom stereocenters. The van der Waals surface area contributed by atoms with Gasteiger partial charge in [0, 0.05) is 12.2 Å². The SMILES string of the molecule is Cc1ccnc(Cl)c1NC(=O)C(C)C(N)c1ccccc1. The van der Waals surface area contributed by atoms with Gasteiger partial charge in [-0.3, -0.25) is 4.79 Å². The summed E-state index contributed by atoms with van der Waals surface area (Å²) in [5.41, 5.74) is 8.49. The average Bonchev–Trinajstić information content (AvgIpc) is 2.50. The minimum absolute atomic E-state index is 0.177. The number of benzene rings is 1. The third-order valence-corrected chi connectivity index (χ3v) is 3.78. The standard InChI is InChI=1S/C16H18ClN3O/c1-10-8-9-19-15(17)14(10)20-16(21)11(2)13(18)12-6-4-3-5-7-12/h3-9,11,13H,18H2,1-2H3,(H,20,21). The van der Waals surface area contributed by atoms with Crippen molar-refractivity contribution in [2.75, 3.05) is 5.32 Å². The second-order valence-electron chi connectivity index (χ2n) is 5.01. The van der Waals surface area contributed by atoms with E-state index in [1.165, 1.54) is 0 Å². The van der Waals surface area contributed by atoms with Gasteiger partial charge in [0.2, 0.25) is 5.91 Å². The van der Waals surface area contributed by atoms with E-state index in [-0.39, 0.29) is 23.0 Å². The van der Waals surface area contributed by atoms with Crippen molar-refractivity contribution in [2.45, 2.75) is 19.9 Å². The number of hydrogen-bond donors (Lipinski definition) is 2. The van der Waals surface area contributed by atoms with E-state index < -0.39 is 0 Å². The topological polar surface area (TPSA) is 68.0 Å². The van der Waals surface area contributed by atoms with Crippen molar-refractivity contribution in [1.82, 2.24) is 4.98 Å². The molecule has 3 N–H and O–H groups in total. The third-order valence-electron chi connectivity index (χ3n) is 3.50. The van der Waals surface area contributed by atoms with E-state index in [1.54, 1.807) is 19.2 Å². The number of pyridine rings is 1. The highest BCUT2D eigenvalue weighted by Crippen LogP contribution is 2.25. The molecule has 0 radical (unpaired) electrons. The maximum atomic E-state index is 12.4. The third kappa shape index (κ3) is 3.60. The van der Waals surface area contributed by atoms with Crippen LogP contribution in [0.5, 0.6) is 0 Å². The monoisotopic (exact) mass is 303 g/mol. The minimum atomic E-state index is -0.386. The van der Waals surface area contributed by atoms with E-state index >= 15 is 0 Å². The number of carbonyl (C=O) groups excluding carboxylic acids is 1. The molecule has 0 bridgehead atoms. The Kier molecular flexibility index (Phi) is 4.94. The van der Waals surface area contributed by atoms with Gasteiger partial charge in [0.15, 0.2) is 5.15 Å². The molecular formula is C16H18ClN3O. The molecular weight excluding hydrogens is 286 g/mol. The van der Waals surface area contributed by atoms with Crippen molar-refractivity contribution in [3.63, 3.8) is 0 Å². The zero-order valence-electron chi connectivity index (χ0n) is 12.0. The molecule has 110 valence electrons. The quantitative estimate of drug-likeness (QED) is 0.851. The van der Waals surface area contributed by atoms with Crippen LogP contribution in [0.4, 0.5) is 5.69 Å². The van der Waals surface area contributed by atoms with Crippen molar-refractivity contribution in [1.29, 1.82) is 0 Å². The number of aromatic nitrogens is 1. The summed E-state index contributed by atoms with van der Waals surface area (Å²) < 4.78 is 0. The molecule has 1 heterocycles. The van der Waals surface area contributed by atoms with Gasteiger partial charge in [-0.2, -0.15) is 0 Å². The van der Waals surface area contributed by atoms with Crippen LogP contribution in [0.1, 0.15) is 24.1 Å². The predicted molar refractivity (Wildman–Crippen MR) is 85.1 cm³/mol. The first kappa shape index (κ1) is 15.5. The molecule has 0 fully saturated rings. The number of rotatable bonds is 4. The molecule has 0 saturated heterocycles. The number of nitrogens with two attached hydrogens (primary N) is 1. The van der Waals surface area contributed by atoms with Crippen LogP contribution < -0.4 is 11.1 Å². The van der Waals surface area contributed by atoms with Gasteiger partial charge in [0.1, 0.15) is 0 Å². The highest BCUT2D eigenvalue weighted by molar-refractivity contribution is 6.32. The fraction of sp³-hybridized carbons (Fsp3) is 0.250. The van der Waals surface area contributed by atoms with Gasteiger partial charge in [-0.15, -0.1) is 0 Å². The van der Waals surface area contributed by atoms with Crippen molar-refractivity contribution >= 4 is 23.2 Å². The average molecular weight is 304 g/mol. The van der Waals surface area contributed by atoms with Gasteiger partial charge >= 0.3 is 0 Å². The zero-order valence-corrected chi connectivity index (χ0v) is 12.8. The van der Waals surface area contributed by atoms with Crippen LogP contribution in [0.15, 0.2) is 42.6 Å². The molecule has 0 saturated carbocycles. The van der Waals surface area contributed by atoms with Gasteiger partial charge in [-0.1, -0.05) is 48.9 Å². The second-order valence-corrected chi connectivity index (χ2v) is 5.37. The Bertz CT molecular complexity index is 610. The molecule has 5 heteroatoms. The van der Waals surface area contributed by atoms with E-state index in [0.717, 1.165) is 11.1 Å². The molecule has 1 aromatic heterocycles. The van der Waals surface area contributed by atoms with Crippen LogP contribution in [0.25, 0.3) is 0 Å². The molecule has 21 heavy (non-hydrogen) atoms. The Morgan fingerprint density at radius 3 is 2.57 bits per heavy atom. The van der Waals surface area contributed by atoms with Gasteiger partial charge in [0.05, 0.1) is 11.6 Å². The van der Waals surface area contributed by atoms with E-state index in [1.807, 2.05) is 37.3 Å². The first-order chi connectivity index (χ1) is 10.0. The molecule has 2 rings (SSSR count). The number of anilines is 1. The Morgan fingerprint density at radius 1 is 1.29 bits per heavy atom. The number of aryl methyl sites for hydroxylation is 1. The fourth-order valence-corrected chi connectivity index (χ4v) is 2.29. The van der Waals surface area contributed by atoms with Crippen molar-refractivity contribution in [3.8, 4) is 0 Å². The molecule has 1 aromatic carbocycles. The van der Waals surface area contributed by atoms with E-state index in [0.29, 0.717) is 5.69 Å². The number of halogens is 1. The molecule has 0 aliphatic heterocycles. The van der Waals surface area contributed by atoms with Gasteiger partial charge in [-0.05, 0) is 24.1 Å². The van der Waals surface area contributed by atoms with E-state index in [4.69, 9.17) is 17.3 Å². The van der Waals surface area contributed by atoms with Gasteiger partial charge in [0.25, 0.3) is 0 Å². The number of carbonyl (C=O) groups is 1. The summed E-state index contributed by atoms with van der Waals surface area (Å²) in [5, 5.41) is 3.10. The fourth-order valence-electron chi connectivity index (χ4n) is 2.04. The van der Waals surface area contributed by atoms with Crippen LogP contribution >= 0.6 is 11.6 Å². The van der Waals surface area contributed by atoms with Crippen LogP contribution in [0.2, 0.25) is 5.15 Å². The summed E-state index contributed by atoms with van der Waals surface area (Å²) in [6, 6.07) is 11.0. The second kappa shape index (κ2) is 6.70. The van der Waals surface area contributed by atoms with Crippen molar-refractivity contribution < 1.29 is 4.79 Å². The first-order valence-corrected chi connectivity index (χ1v) is 7.11. The summed E-state index contributed by atoms with van der Waals surface area (Å²) in [7, 11) is 0. The molecule has 0 spiro atoms. The Morgan fingerprint density at radius 2 is 1.95 bits per heavy atom. The number of hydrogen-bond acceptors (Lipinski definition) is 3. The first-order valence-electron chi connectivity index (χ1n) is 6.73. The molecule has 4 nitrogen and oxygen atoms in total. The molecule has 0 aliphatic carbocycles. The summed E-state index contributed by atoms with van der Waals surface area (Å²) in [4.78, 5) is 16.3.